The molecular weight excluding hydrogens is 361 g/mol. The van der Waals surface area contributed by atoms with E-state index < -0.39 is 24.4 Å². The van der Waals surface area contributed by atoms with E-state index in [0.29, 0.717) is 18.2 Å². The lowest BCUT2D eigenvalue weighted by Gasteiger charge is -2.16. The number of hydrogen-bond donors (Lipinski definition) is 4. The highest BCUT2D eigenvalue weighted by Gasteiger charge is 2.19. The third kappa shape index (κ3) is 4.17. The Morgan fingerprint density at radius 1 is 1.36 bits per heavy atom. The SMILES string of the molecule is CCNc1ncc(C)c(-c2c[nH]c(C(=O)NC(CO)c3ccccc3F)c2)n1. The summed E-state index contributed by atoms with van der Waals surface area (Å²) in [4.78, 5) is 24.2. The topological polar surface area (TPSA) is 103 Å². The Labute approximate surface area is 162 Å². The molecule has 0 bridgehead atoms. The second-order valence-electron chi connectivity index (χ2n) is 6.29. The molecule has 7 nitrogen and oxygen atoms in total. The number of carbonyl (C=O) groups excluding carboxylic acids is 1. The number of aromatic amines is 1. The zero-order valence-corrected chi connectivity index (χ0v) is 15.7. The molecule has 0 spiro atoms. The summed E-state index contributed by atoms with van der Waals surface area (Å²) in [6.45, 7) is 4.12. The van der Waals surface area contributed by atoms with Gasteiger partial charge in [-0.3, -0.25) is 4.79 Å². The maximum absolute atomic E-state index is 14.0. The number of carbonyl (C=O) groups is 1. The van der Waals surface area contributed by atoms with Crippen LogP contribution < -0.4 is 10.6 Å². The van der Waals surface area contributed by atoms with Gasteiger partial charge in [0.15, 0.2) is 0 Å². The number of benzene rings is 1. The molecule has 3 rings (SSSR count). The van der Waals surface area contributed by atoms with Crippen molar-refractivity contribution in [1.82, 2.24) is 20.3 Å². The molecule has 0 saturated heterocycles. The van der Waals surface area contributed by atoms with Crippen molar-refractivity contribution < 1.29 is 14.3 Å². The van der Waals surface area contributed by atoms with E-state index in [1.807, 2.05) is 13.8 Å². The molecule has 2 aromatic heterocycles. The van der Waals surface area contributed by atoms with Crippen molar-refractivity contribution in [1.29, 1.82) is 0 Å². The summed E-state index contributed by atoms with van der Waals surface area (Å²) in [5.41, 5.74) is 2.82. The van der Waals surface area contributed by atoms with Gasteiger partial charge in [-0.15, -0.1) is 0 Å². The average Bonchev–Trinajstić information content (AvgIpc) is 3.18. The summed E-state index contributed by atoms with van der Waals surface area (Å²) in [5.74, 6) is -0.427. The molecule has 1 amide bonds. The van der Waals surface area contributed by atoms with Crippen molar-refractivity contribution in [3.8, 4) is 11.3 Å². The predicted octanol–water partition coefficient (Wildman–Crippen LogP) is 2.81. The molecule has 3 aromatic rings. The van der Waals surface area contributed by atoms with Crippen molar-refractivity contribution in [3.63, 3.8) is 0 Å². The summed E-state index contributed by atoms with van der Waals surface area (Å²) in [6.07, 6.45) is 3.39. The molecule has 1 aromatic carbocycles. The predicted molar refractivity (Wildman–Crippen MR) is 104 cm³/mol. The van der Waals surface area contributed by atoms with Gasteiger partial charge < -0.3 is 20.7 Å². The number of nitrogens with one attached hydrogen (secondary N) is 3. The Bertz CT molecular complexity index is 973. The van der Waals surface area contributed by atoms with Crippen LogP contribution in [0.25, 0.3) is 11.3 Å². The zero-order valence-electron chi connectivity index (χ0n) is 15.7. The van der Waals surface area contributed by atoms with Gasteiger partial charge in [0.25, 0.3) is 5.91 Å². The van der Waals surface area contributed by atoms with E-state index >= 15 is 0 Å². The van der Waals surface area contributed by atoms with E-state index in [1.54, 1.807) is 30.6 Å². The highest BCUT2D eigenvalue weighted by atomic mass is 19.1. The molecule has 28 heavy (non-hydrogen) atoms. The lowest BCUT2D eigenvalue weighted by atomic mass is 10.1. The van der Waals surface area contributed by atoms with Gasteiger partial charge >= 0.3 is 0 Å². The summed E-state index contributed by atoms with van der Waals surface area (Å²) < 4.78 is 14.0. The van der Waals surface area contributed by atoms with Crippen LogP contribution in [-0.4, -0.2) is 39.1 Å². The van der Waals surface area contributed by atoms with Gasteiger partial charge in [0.1, 0.15) is 11.5 Å². The Hall–Kier alpha value is -3.26. The highest BCUT2D eigenvalue weighted by Crippen LogP contribution is 2.23. The number of aromatic nitrogens is 3. The lowest BCUT2D eigenvalue weighted by molar-refractivity contribution is 0.0910. The lowest BCUT2D eigenvalue weighted by Crippen LogP contribution is -2.31. The van der Waals surface area contributed by atoms with Crippen LogP contribution in [0, 0.1) is 12.7 Å². The molecule has 2 heterocycles. The van der Waals surface area contributed by atoms with E-state index in [2.05, 4.69) is 25.6 Å². The van der Waals surface area contributed by atoms with Gasteiger partial charge in [-0.2, -0.15) is 0 Å². The van der Waals surface area contributed by atoms with E-state index in [-0.39, 0.29) is 11.3 Å². The molecule has 0 aliphatic rings. The van der Waals surface area contributed by atoms with Crippen molar-refractivity contribution in [2.45, 2.75) is 19.9 Å². The van der Waals surface area contributed by atoms with Crippen LogP contribution in [0.2, 0.25) is 0 Å². The molecule has 1 atom stereocenters. The largest absolute Gasteiger partial charge is 0.394 e. The van der Waals surface area contributed by atoms with Gasteiger partial charge in [-0.05, 0) is 31.5 Å². The third-order valence-corrected chi connectivity index (χ3v) is 4.28. The number of anilines is 1. The summed E-state index contributed by atoms with van der Waals surface area (Å²) in [7, 11) is 0. The Morgan fingerprint density at radius 3 is 2.86 bits per heavy atom. The Kier molecular flexibility index (Phi) is 6.00. The van der Waals surface area contributed by atoms with E-state index in [1.165, 1.54) is 12.1 Å². The quantitative estimate of drug-likeness (QED) is 0.502. The first-order valence-corrected chi connectivity index (χ1v) is 8.96. The normalized spacial score (nSPS) is 11.9. The monoisotopic (exact) mass is 383 g/mol. The fourth-order valence-electron chi connectivity index (χ4n) is 2.86. The first kappa shape index (κ1) is 19.5. The molecule has 146 valence electrons. The first-order valence-electron chi connectivity index (χ1n) is 8.96. The van der Waals surface area contributed by atoms with Crippen LogP contribution in [0.4, 0.5) is 10.3 Å². The molecule has 4 N–H and O–H groups in total. The standard InChI is InChI=1S/C20H22FN5O2/c1-3-22-20-24-9-12(2)18(26-20)13-8-16(23-10-13)19(28)25-17(11-27)14-6-4-5-7-15(14)21/h4-10,17,23,27H,3,11H2,1-2H3,(H,25,28)(H,22,24,26). The number of aliphatic hydroxyl groups is 1. The molecular formula is C20H22FN5O2. The van der Waals surface area contributed by atoms with E-state index in [0.717, 1.165) is 11.1 Å². The summed E-state index contributed by atoms with van der Waals surface area (Å²) >= 11 is 0. The third-order valence-electron chi connectivity index (χ3n) is 4.28. The number of H-pyrrole nitrogens is 1. The molecule has 1 unspecified atom stereocenters. The van der Waals surface area contributed by atoms with E-state index in [9.17, 15) is 14.3 Å². The van der Waals surface area contributed by atoms with Gasteiger partial charge in [0, 0.05) is 30.1 Å². The van der Waals surface area contributed by atoms with Crippen molar-refractivity contribution in [2.24, 2.45) is 0 Å². The van der Waals surface area contributed by atoms with Gasteiger partial charge in [-0.1, -0.05) is 18.2 Å². The summed E-state index contributed by atoms with van der Waals surface area (Å²) in [5, 5.41) is 15.3. The fraction of sp³-hybridized carbons (Fsp3) is 0.250. The second-order valence-corrected chi connectivity index (χ2v) is 6.29. The minimum atomic E-state index is -0.846. The fourth-order valence-corrected chi connectivity index (χ4v) is 2.86. The second kappa shape index (κ2) is 8.62. The Balaban J connectivity index is 1.81. The van der Waals surface area contributed by atoms with Crippen LogP contribution in [0.1, 0.15) is 34.6 Å². The number of halogens is 1. The van der Waals surface area contributed by atoms with Crippen molar-refractivity contribution in [2.75, 3.05) is 18.5 Å². The number of rotatable bonds is 7. The minimum absolute atomic E-state index is 0.229. The van der Waals surface area contributed by atoms with Crippen LogP contribution in [-0.2, 0) is 0 Å². The smallest absolute Gasteiger partial charge is 0.268 e. The van der Waals surface area contributed by atoms with Gasteiger partial charge in [0.2, 0.25) is 5.95 Å². The average molecular weight is 383 g/mol. The number of aryl methyl sites for hydroxylation is 1. The maximum Gasteiger partial charge on any atom is 0.268 e. The number of aliphatic hydroxyl groups excluding tert-OH is 1. The van der Waals surface area contributed by atoms with Gasteiger partial charge in [-0.25, -0.2) is 14.4 Å². The number of amides is 1. The molecule has 0 aliphatic carbocycles. The van der Waals surface area contributed by atoms with Crippen LogP contribution >= 0.6 is 0 Å². The van der Waals surface area contributed by atoms with Crippen molar-refractivity contribution >= 4 is 11.9 Å². The molecule has 0 radical (unpaired) electrons. The van der Waals surface area contributed by atoms with Gasteiger partial charge in [0.05, 0.1) is 18.3 Å². The molecule has 8 heteroatoms. The zero-order chi connectivity index (χ0) is 20.1. The van der Waals surface area contributed by atoms with Crippen LogP contribution in [0.3, 0.4) is 0 Å². The number of nitrogens with zero attached hydrogens (tertiary/aromatic N) is 2. The highest BCUT2D eigenvalue weighted by molar-refractivity contribution is 5.94. The van der Waals surface area contributed by atoms with Crippen molar-refractivity contribution in [3.05, 3.63) is 65.4 Å². The van der Waals surface area contributed by atoms with E-state index in [4.69, 9.17) is 0 Å². The number of hydrogen-bond acceptors (Lipinski definition) is 5. The Morgan fingerprint density at radius 2 is 2.14 bits per heavy atom. The first-order chi connectivity index (χ1) is 13.5. The minimum Gasteiger partial charge on any atom is -0.394 e. The van der Waals surface area contributed by atoms with Crippen LogP contribution in [0.5, 0.6) is 0 Å². The maximum atomic E-state index is 14.0. The summed E-state index contributed by atoms with van der Waals surface area (Å²) in [6, 6.07) is 6.84. The van der Waals surface area contributed by atoms with Crippen LogP contribution in [0.15, 0.2) is 42.7 Å². The molecule has 0 aliphatic heterocycles. The molecule has 0 fully saturated rings. The molecule has 0 saturated carbocycles.